The van der Waals surface area contributed by atoms with Crippen LogP contribution in [-0.4, -0.2) is 29.8 Å². The molecule has 2 aromatic carbocycles. The molecule has 1 saturated heterocycles. The highest BCUT2D eigenvalue weighted by Crippen LogP contribution is 2.33. The second-order valence-corrected chi connectivity index (χ2v) is 7.12. The zero-order chi connectivity index (χ0) is 18.7. The molecule has 26 heavy (non-hydrogen) atoms. The van der Waals surface area contributed by atoms with Gasteiger partial charge in [-0.15, -0.1) is 0 Å². The van der Waals surface area contributed by atoms with Gasteiger partial charge in [-0.2, -0.15) is 0 Å². The van der Waals surface area contributed by atoms with Crippen molar-refractivity contribution in [3.8, 4) is 5.75 Å². The maximum Gasteiger partial charge on any atom is 0.295 e. The van der Waals surface area contributed by atoms with Crippen LogP contribution >= 0.6 is 35.0 Å². The molecular weight excluding hydrogens is 395 g/mol. The lowest BCUT2D eigenvalue weighted by molar-refractivity contribution is -0.122. The van der Waals surface area contributed by atoms with E-state index in [1.54, 1.807) is 42.5 Å². The number of methoxy groups -OCH3 is 1. The molecule has 2 amide bonds. The smallest absolute Gasteiger partial charge is 0.295 e. The molecule has 1 aliphatic heterocycles. The Morgan fingerprint density at radius 2 is 1.92 bits per heavy atom. The summed E-state index contributed by atoms with van der Waals surface area (Å²) in [4.78, 5) is 26.1. The van der Waals surface area contributed by atoms with Crippen molar-refractivity contribution in [3.63, 3.8) is 0 Å². The predicted octanol–water partition coefficient (Wildman–Crippen LogP) is 5.11. The number of anilines is 1. The minimum absolute atomic E-state index is 0.0349. The number of hydrogen-bond donors (Lipinski definition) is 1. The summed E-state index contributed by atoms with van der Waals surface area (Å²) >= 11 is 13.1. The highest BCUT2D eigenvalue weighted by Gasteiger charge is 2.34. The van der Waals surface area contributed by atoms with Gasteiger partial charge in [0, 0.05) is 10.7 Å². The molecule has 8 heteroatoms. The molecule has 0 spiro atoms. The maximum atomic E-state index is 12.5. The van der Waals surface area contributed by atoms with Crippen LogP contribution in [0.4, 0.5) is 10.5 Å². The first-order valence-electron chi connectivity index (χ1n) is 7.57. The van der Waals surface area contributed by atoms with Gasteiger partial charge in [-0.1, -0.05) is 41.4 Å². The minimum Gasteiger partial charge on any atom is -0.495 e. The molecule has 134 valence electrons. The van der Waals surface area contributed by atoms with Crippen molar-refractivity contribution in [2.24, 2.45) is 0 Å². The van der Waals surface area contributed by atoms with Crippen molar-refractivity contribution in [1.29, 1.82) is 0 Å². The average molecular weight is 409 g/mol. The molecule has 0 saturated carbocycles. The van der Waals surface area contributed by atoms with Gasteiger partial charge >= 0.3 is 0 Å². The summed E-state index contributed by atoms with van der Waals surface area (Å²) in [5, 5.41) is 3.62. The van der Waals surface area contributed by atoms with Gasteiger partial charge in [-0.3, -0.25) is 14.5 Å². The standard InChI is InChI=1S/C18H14Cl2N2O3S/c1-25-15-7-6-12(9-14(15)20)21-10-22-17(23)16(26-18(22)24)8-11-4-2-3-5-13(11)19/h2-9,21H,10H2,1H3/b16-8+. The molecule has 0 unspecified atom stereocenters. The third-order valence-corrected chi connectivity index (χ3v) is 5.21. The predicted molar refractivity (Wildman–Crippen MR) is 106 cm³/mol. The van der Waals surface area contributed by atoms with E-state index < -0.39 is 0 Å². The largest absolute Gasteiger partial charge is 0.495 e. The number of nitrogens with zero attached hydrogens (tertiary/aromatic N) is 1. The Bertz CT molecular complexity index is 902. The molecule has 1 aliphatic rings. The number of amides is 2. The van der Waals surface area contributed by atoms with Crippen LogP contribution in [0.1, 0.15) is 5.56 Å². The first-order valence-corrected chi connectivity index (χ1v) is 9.14. The molecule has 1 fully saturated rings. The normalized spacial score (nSPS) is 15.7. The summed E-state index contributed by atoms with van der Waals surface area (Å²) in [5.74, 6) is 0.179. The Balaban J connectivity index is 1.71. The molecule has 0 aromatic heterocycles. The van der Waals surface area contributed by atoms with Crippen LogP contribution in [-0.2, 0) is 4.79 Å². The molecule has 2 aromatic rings. The fourth-order valence-electron chi connectivity index (χ4n) is 2.32. The molecule has 3 rings (SSSR count). The number of ether oxygens (including phenoxy) is 1. The number of imide groups is 1. The SMILES string of the molecule is COc1ccc(NCN2C(=O)S/C(=C/c3ccccc3Cl)C2=O)cc1Cl. The molecular formula is C18H14Cl2N2O3S. The number of nitrogens with one attached hydrogen (secondary N) is 1. The lowest BCUT2D eigenvalue weighted by Crippen LogP contribution is -2.33. The van der Waals surface area contributed by atoms with Crippen LogP contribution in [0.25, 0.3) is 6.08 Å². The monoisotopic (exact) mass is 408 g/mol. The lowest BCUT2D eigenvalue weighted by Gasteiger charge is -2.15. The summed E-state index contributed by atoms with van der Waals surface area (Å²) in [6.45, 7) is 0.0349. The van der Waals surface area contributed by atoms with Crippen LogP contribution in [0.2, 0.25) is 10.0 Å². The van der Waals surface area contributed by atoms with Crippen molar-refractivity contribution in [1.82, 2.24) is 4.90 Å². The van der Waals surface area contributed by atoms with Gasteiger partial charge in [0.1, 0.15) is 5.75 Å². The van der Waals surface area contributed by atoms with Gasteiger partial charge in [-0.05, 0) is 47.7 Å². The van der Waals surface area contributed by atoms with E-state index in [1.165, 1.54) is 7.11 Å². The molecule has 0 atom stereocenters. The van der Waals surface area contributed by atoms with Crippen molar-refractivity contribution in [3.05, 3.63) is 63.0 Å². The summed E-state index contributed by atoms with van der Waals surface area (Å²) < 4.78 is 5.09. The second kappa shape index (κ2) is 8.03. The first kappa shape index (κ1) is 18.6. The van der Waals surface area contributed by atoms with Gasteiger partial charge in [0.15, 0.2) is 0 Å². The van der Waals surface area contributed by atoms with Crippen molar-refractivity contribution in [2.75, 3.05) is 19.1 Å². The Morgan fingerprint density at radius 1 is 1.15 bits per heavy atom. The number of halogens is 2. The summed E-state index contributed by atoms with van der Waals surface area (Å²) in [7, 11) is 1.53. The van der Waals surface area contributed by atoms with E-state index in [4.69, 9.17) is 27.9 Å². The third-order valence-electron chi connectivity index (χ3n) is 3.66. The number of carbonyl (C=O) groups excluding carboxylic acids is 2. The number of carbonyl (C=O) groups is 2. The van der Waals surface area contributed by atoms with E-state index in [-0.39, 0.29) is 17.8 Å². The zero-order valence-electron chi connectivity index (χ0n) is 13.7. The Hall–Kier alpha value is -2.15. The minimum atomic E-state index is -0.368. The molecule has 1 heterocycles. The van der Waals surface area contributed by atoms with Crippen molar-refractivity contribution < 1.29 is 14.3 Å². The van der Waals surface area contributed by atoms with Gasteiger partial charge in [0.05, 0.1) is 23.7 Å². The average Bonchev–Trinajstić information content (AvgIpc) is 2.88. The van der Waals surface area contributed by atoms with E-state index in [1.807, 2.05) is 6.07 Å². The van der Waals surface area contributed by atoms with Gasteiger partial charge in [0.25, 0.3) is 11.1 Å². The first-order chi connectivity index (χ1) is 12.5. The molecule has 0 bridgehead atoms. The topological polar surface area (TPSA) is 58.6 Å². The fourth-order valence-corrected chi connectivity index (χ4v) is 3.59. The van der Waals surface area contributed by atoms with Gasteiger partial charge in [0.2, 0.25) is 0 Å². The summed E-state index contributed by atoms with van der Waals surface area (Å²) in [6, 6.07) is 12.3. The van der Waals surface area contributed by atoms with Crippen LogP contribution in [0.15, 0.2) is 47.4 Å². The van der Waals surface area contributed by atoms with Crippen LogP contribution < -0.4 is 10.1 Å². The van der Waals surface area contributed by atoms with Gasteiger partial charge < -0.3 is 10.1 Å². The van der Waals surface area contributed by atoms with Crippen molar-refractivity contribution >= 4 is 57.9 Å². The van der Waals surface area contributed by atoms with E-state index in [2.05, 4.69) is 5.32 Å². The van der Waals surface area contributed by atoms with E-state index >= 15 is 0 Å². The summed E-state index contributed by atoms with van der Waals surface area (Å²) in [5.41, 5.74) is 1.36. The highest BCUT2D eigenvalue weighted by atomic mass is 35.5. The Kier molecular flexibility index (Phi) is 5.76. The molecule has 1 N–H and O–H groups in total. The molecule has 0 aliphatic carbocycles. The lowest BCUT2D eigenvalue weighted by atomic mass is 10.2. The fraction of sp³-hybridized carbons (Fsp3) is 0.111. The number of hydrogen-bond acceptors (Lipinski definition) is 5. The van der Waals surface area contributed by atoms with E-state index in [0.29, 0.717) is 32.0 Å². The zero-order valence-corrected chi connectivity index (χ0v) is 16.0. The summed E-state index contributed by atoms with van der Waals surface area (Å²) in [6.07, 6.45) is 1.62. The van der Waals surface area contributed by atoms with Gasteiger partial charge in [-0.25, -0.2) is 0 Å². The van der Waals surface area contributed by atoms with Crippen LogP contribution in [0.5, 0.6) is 5.75 Å². The molecule has 0 radical (unpaired) electrons. The molecule has 5 nitrogen and oxygen atoms in total. The Morgan fingerprint density at radius 3 is 2.62 bits per heavy atom. The van der Waals surface area contributed by atoms with Crippen LogP contribution in [0, 0.1) is 0 Å². The number of benzene rings is 2. The van der Waals surface area contributed by atoms with E-state index in [0.717, 1.165) is 16.7 Å². The van der Waals surface area contributed by atoms with Crippen LogP contribution in [0.3, 0.4) is 0 Å². The van der Waals surface area contributed by atoms with Crippen molar-refractivity contribution in [2.45, 2.75) is 0 Å². The number of rotatable bonds is 5. The van der Waals surface area contributed by atoms with E-state index in [9.17, 15) is 9.59 Å². The Labute approximate surface area is 164 Å². The highest BCUT2D eigenvalue weighted by molar-refractivity contribution is 8.18. The number of thioether (sulfide) groups is 1. The quantitative estimate of drug-likeness (QED) is 0.696. The third kappa shape index (κ3) is 3.98. The maximum absolute atomic E-state index is 12.5. The second-order valence-electron chi connectivity index (χ2n) is 5.32.